The lowest BCUT2D eigenvalue weighted by Gasteiger charge is -2.03. The Bertz CT molecular complexity index is 624. The maximum absolute atomic E-state index is 12.0. The number of aliphatic hydroxyl groups excluding tert-OH is 1. The molecule has 0 atom stereocenters. The van der Waals surface area contributed by atoms with E-state index in [0.29, 0.717) is 18.5 Å². The summed E-state index contributed by atoms with van der Waals surface area (Å²) in [5, 5.41) is 18.0. The fraction of sp³-hybridized carbons (Fsp3) is 0.200. The van der Waals surface area contributed by atoms with Crippen LogP contribution in [0.2, 0.25) is 0 Å². The first-order valence-electron chi connectivity index (χ1n) is 6.25. The van der Waals surface area contributed by atoms with Gasteiger partial charge < -0.3 is 10.4 Å². The van der Waals surface area contributed by atoms with Crippen LogP contribution in [0.5, 0.6) is 0 Å². The molecule has 1 aromatic heterocycles. The Morgan fingerprint density at radius 2 is 2.35 bits per heavy atom. The van der Waals surface area contributed by atoms with Crippen molar-refractivity contribution in [2.75, 3.05) is 6.61 Å². The van der Waals surface area contributed by atoms with Crippen molar-refractivity contribution in [1.29, 1.82) is 0 Å². The molecular weight excluding hydrogens is 254 g/mol. The Labute approximate surface area is 117 Å². The number of rotatable bonds is 4. The zero-order valence-corrected chi connectivity index (χ0v) is 10.9. The summed E-state index contributed by atoms with van der Waals surface area (Å²) < 4.78 is 0. The Morgan fingerprint density at radius 1 is 1.45 bits per heavy atom. The maximum atomic E-state index is 12.0. The lowest BCUT2D eigenvalue weighted by atomic mass is 10.1. The van der Waals surface area contributed by atoms with Crippen LogP contribution in [0.1, 0.15) is 27.9 Å². The number of benzene rings is 1. The largest absolute Gasteiger partial charge is 0.395 e. The summed E-state index contributed by atoms with van der Waals surface area (Å²) in [7, 11) is 0. The van der Waals surface area contributed by atoms with Crippen LogP contribution in [0.4, 0.5) is 0 Å². The Kier molecular flexibility index (Phi) is 4.93. The molecule has 0 aliphatic rings. The lowest BCUT2D eigenvalue weighted by Crippen LogP contribution is -2.22. The van der Waals surface area contributed by atoms with Crippen LogP contribution in [-0.4, -0.2) is 27.8 Å². The summed E-state index contributed by atoms with van der Waals surface area (Å²) in [4.78, 5) is 12.0. The lowest BCUT2D eigenvalue weighted by molar-refractivity contribution is 0.0951. The number of aromatic nitrogens is 2. The number of H-pyrrole nitrogens is 1. The monoisotopic (exact) mass is 269 g/mol. The van der Waals surface area contributed by atoms with E-state index in [1.54, 1.807) is 30.6 Å². The summed E-state index contributed by atoms with van der Waals surface area (Å²) in [5.41, 5.74) is 2.23. The van der Waals surface area contributed by atoms with E-state index in [1.807, 2.05) is 6.07 Å². The van der Waals surface area contributed by atoms with Crippen molar-refractivity contribution in [2.45, 2.75) is 13.0 Å². The first kappa shape index (κ1) is 13.8. The van der Waals surface area contributed by atoms with Crippen molar-refractivity contribution < 1.29 is 9.90 Å². The molecule has 0 aliphatic carbocycles. The summed E-state index contributed by atoms with van der Waals surface area (Å²) in [6, 6.07) is 7.09. The van der Waals surface area contributed by atoms with Crippen molar-refractivity contribution in [2.24, 2.45) is 0 Å². The van der Waals surface area contributed by atoms with Gasteiger partial charge in [0, 0.05) is 35.9 Å². The van der Waals surface area contributed by atoms with E-state index in [9.17, 15) is 4.79 Å². The first-order chi connectivity index (χ1) is 9.79. The zero-order chi connectivity index (χ0) is 14.2. The fourth-order valence-corrected chi connectivity index (χ4v) is 1.62. The quantitative estimate of drug-likeness (QED) is 0.727. The average molecular weight is 269 g/mol. The summed E-state index contributed by atoms with van der Waals surface area (Å²) in [6.07, 6.45) is 3.82. The number of hydrogen-bond acceptors (Lipinski definition) is 3. The second kappa shape index (κ2) is 7.12. The molecule has 1 heterocycles. The van der Waals surface area contributed by atoms with Gasteiger partial charge in [-0.1, -0.05) is 17.9 Å². The van der Waals surface area contributed by atoms with Gasteiger partial charge in [0.25, 0.3) is 5.91 Å². The molecule has 1 amide bonds. The van der Waals surface area contributed by atoms with Gasteiger partial charge in [-0.05, 0) is 18.2 Å². The van der Waals surface area contributed by atoms with Crippen molar-refractivity contribution in [3.63, 3.8) is 0 Å². The SMILES string of the molecule is O=C(NCc1cn[nH]c1)c1cccc(C#CCCO)c1. The van der Waals surface area contributed by atoms with Crippen molar-refractivity contribution in [3.05, 3.63) is 53.3 Å². The normalized spacial score (nSPS) is 9.65. The highest BCUT2D eigenvalue weighted by Crippen LogP contribution is 2.05. The molecule has 102 valence electrons. The number of aromatic amines is 1. The number of carbonyl (C=O) groups is 1. The predicted molar refractivity (Wildman–Crippen MR) is 74.8 cm³/mol. The highest BCUT2D eigenvalue weighted by atomic mass is 16.2. The zero-order valence-electron chi connectivity index (χ0n) is 10.9. The van der Waals surface area contributed by atoms with Crippen molar-refractivity contribution in [1.82, 2.24) is 15.5 Å². The molecule has 3 N–H and O–H groups in total. The molecule has 0 saturated carbocycles. The minimum Gasteiger partial charge on any atom is -0.395 e. The van der Waals surface area contributed by atoms with Gasteiger partial charge >= 0.3 is 0 Å². The van der Waals surface area contributed by atoms with E-state index in [2.05, 4.69) is 27.4 Å². The van der Waals surface area contributed by atoms with Crippen LogP contribution < -0.4 is 5.32 Å². The summed E-state index contributed by atoms with van der Waals surface area (Å²) >= 11 is 0. The second-order valence-corrected chi connectivity index (χ2v) is 4.15. The topological polar surface area (TPSA) is 78.0 Å². The third-order valence-corrected chi connectivity index (χ3v) is 2.60. The molecule has 2 aromatic rings. The molecule has 0 radical (unpaired) electrons. The van der Waals surface area contributed by atoms with E-state index in [1.165, 1.54) is 0 Å². The van der Waals surface area contributed by atoms with Crippen LogP contribution in [0.3, 0.4) is 0 Å². The molecule has 5 heteroatoms. The van der Waals surface area contributed by atoms with E-state index in [-0.39, 0.29) is 12.5 Å². The standard InChI is InChI=1S/C15H15N3O2/c19-7-2-1-4-12-5-3-6-14(8-12)15(20)16-9-13-10-17-18-11-13/h3,5-6,8,10-11,19H,2,7,9H2,(H,16,20)(H,17,18). The minimum atomic E-state index is -0.156. The smallest absolute Gasteiger partial charge is 0.251 e. The first-order valence-corrected chi connectivity index (χ1v) is 6.25. The van der Waals surface area contributed by atoms with E-state index >= 15 is 0 Å². The third-order valence-electron chi connectivity index (χ3n) is 2.60. The molecule has 0 spiro atoms. The highest BCUT2D eigenvalue weighted by molar-refractivity contribution is 5.94. The van der Waals surface area contributed by atoms with E-state index in [4.69, 9.17) is 5.11 Å². The molecule has 0 bridgehead atoms. The summed E-state index contributed by atoms with van der Waals surface area (Å²) in [6.45, 7) is 0.466. The fourth-order valence-electron chi connectivity index (χ4n) is 1.62. The van der Waals surface area contributed by atoms with Gasteiger partial charge in [0.2, 0.25) is 0 Å². The number of nitrogens with one attached hydrogen (secondary N) is 2. The van der Waals surface area contributed by atoms with Crippen LogP contribution in [0.15, 0.2) is 36.7 Å². The third kappa shape index (κ3) is 3.97. The maximum Gasteiger partial charge on any atom is 0.251 e. The van der Waals surface area contributed by atoms with Crippen molar-refractivity contribution >= 4 is 5.91 Å². The molecule has 0 unspecified atom stereocenters. The van der Waals surface area contributed by atoms with Crippen LogP contribution in [-0.2, 0) is 6.54 Å². The van der Waals surface area contributed by atoms with Crippen molar-refractivity contribution in [3.8, 4) is 11.8 Å². The Hall–Kier alpha value is -2.58. The predicted octanol–water partition coefficient (Wildman–Crippen LogP) is 1.07. The molecule has 2 rings (SSSR count). The Balaban J connectivity index is 1.99. The molecule has 0 saturated heterocycles. The molecular formula is C15H15N3O2. The number of aliphatic hydroxyl groups is 1. The van der Waals surface area contributed by atoms with Gasteiger partial charge in [-0.3, -0.25) is 9.89 Å². The van der Waals surface area contributed by atoms with Gasteiger partial charge in [-0.25, -0.2) is 0 Å². The van der Waals surface area contributed by atoms with Gasteiger partial charge in [0.1, 0.15) is 0 Å². The van der Waals surface area contributed by atoms with Gasteiger partial charge in [0.05, 0.1) is 12.8 Å². The number of hydrogen-bond donors (Lipinski definition) is 3. The van der Waals surface area contributed by atoms with Gasteiger partial charge in [-0.15, -0.1) is 0 Å². The van der Waals surface area contributed by atoms with Gasteiger partial charge in [-0.2, -0.15) is 5.10 Å². The molecule has 0 aliphatic heterocycles. The average Bonchev–Trinajstić information content (AvgIpc) is 2.99. The molecule has 1 aromatic carbocycles. The molecule has 0 fully saturated rings. The second-order valence-electron chi connectivity index (χ2n) is 4.15. The van der Waals surface area contributed by atoms with Gasteiger partial charge in [0.15, 0.2) is 0 Å². The summed E-state index contributed by atoms with van der Waals surface area (Å²) in [5.74, 6) is 5.58. The number of nitrogens with zero attached hydrogens (tertiary/aromatic N) is 1. The number of amides is 1. The highest BCUT2D eigenvalue weighted by Gasteiger charge is 2.05. The Morgan fingerprint density at radius 3 is 3.10 bits per heavy atom. The van der Waals surface area contributed by atoms with Crippen LogP contribution >= 0.6 is 0 Å². The van der Waals surface area contributed by atoms with Crippen LogP contribution in [0, 0.1) is 11.8 Å². The minimum absolute atomic E-state index is 0.0396. The number of carbonyl (C=O) groups excluding carboxylic acids is 1. The van der Waals surface area contributed by atoms with Crippen LogP contribution in [0.25, 0.3) is 0 Å². The molecule has 5 nitrogen and oxygen atoms in total. The van der Waals surface area contributed by atoms with E-state index < -0.39 is 0 Å². The molecule has 20 heavy (non-hydrogen) atoms. The van der Waals surface area contributed by atoms with E-state index in [0.717, 1.165) is 11.1 Å².